The summed E-state index contributed by atoms with van der Waals surface area (Å²) in [6.45, 7) is 1.21. The molecule has 1 aliphatic rings. The highest BCUT2D eigenvalue weighted by Gasteiger charge is 2.32. The Kier molecular flexibility index (Phi) is 7.07. The first-order valence-corrected chi connectivity index (χ1v) is 12.1. The van der Waals surface area contributed by atoms with Gasteiger partial charge >= 0.3 is 0 Å². The molecule has 1 saturated heterocycles. The Hall–Kier alpha value is -4.29. The van der Waals surface area contributed by atoms with Crippen LogP contribution in [0.25, 0.3) is 22.6 Å². The Bertz CT molecular complexity index is 1550. The number of piperidine rings is 1. The molecule has 4 aromatic heterocycles. The smallest absolute Gasteiger partial charge is 0.270 e. The van der Waals surface area contributed by atoms with Gasteiger partial charge in [-0.05, 0) is 43.8 Å². The van der Waals surface area contributed by atoms with E-state index in [0.29, 0.717) is 47.1 Å². The molecule has 38 heavy (non-hydrogen) atoms. The van der Waals surface area contributed by atoms with Crippen molar-refractivity contribution in [2.45, 2.75) is 18.5 Å². The molecule has 1 aliphatic heterocycles. The molecule has 194 valence electrons. The molecule has 2 unspecified atom stereocenters. The summed E-state index contributed by atoms with van der Waals surface area (Å²) in [5.41, 5.74) is 7.85. The van der Waals surface area contributed by atoms with Gasteiger partial charge in [-0.1, -0.05) is 11.6 Å². The molecule has 0 saturated carbocycles. The summed E-state index contributed by atoms with van der Waals surface area (Å²) < 4.78 is 16.8. The van der Waals surface area contributed by atoms with Crippen LogP contribution in [0.3, 0.4) is 0 Å². The quantitative estimate of drug-likeness (QED) is 0.254. The van der Waals surface area contributed by atoms with Crippen LogP contribution in [0.2, 0.25) is 5.02 Å². The number of nitrogens with two attached hydrogens (primary N) is 1. The molecule has 0 aromatic carbocycles. The molecule has 11 nitrogen and oxygen atoms in total. The Morgan fingerprint density at radius 1 is 1.24 bits per heavy atom. The maximum atomic E-state index is 14.9. The molecule has 0 radical (unpaired) electrons. The van der Waals surface area contributed by atoms with Crippen molar-refractivity contribution in [1.82, 2.24) is 34.7 Å². The molecule has 13 heteroatoms. The molecule has 5 heterocycles. The van der Waals surface area contributed by atoms with Crippen molar-refractivity contribution in [3.63, 3.8) is 0 Å². The molecule has 4 aromatic rings. The number of fused-ring (bicyclic) bond motifs is 1. The lowest BCUT2D eigenvalue weighted by atomic mass is 10.00. The number of amidine groups is 1. The Morgan fingerprint density at radius 3 is 2.84 bits per heavy atom. The fourth-order valence-corrected chi connectivity index (χ4v) is 4.89. The SMILES string of the molecule is CN1CC(NC(=O)c2cc(Cl)ccn2)CC(n2c(-c3ncccc3F)nc3cnc(C(N)=NC=N)cc32)C1. The Labute approximate surface area is 222 Å². The van der Waals surface area contributed by atoms with Gasteiger partial charge in [0.05, 0.1) is 17.8 Å². The van der Waals surface area contributed by atoms with Gasteiger partial charge in [-0.15, -0.1) is 0 Å². The van der Waals surface area contributed by atoms with Crippen molar-refractivity contribution in [3.8, 4) is 11.5 Å². The number of hydrogen-bond acceptors (Lipinski definition) is 7. The van der Waals surface area contributed by atoms with E-state index in [4.69, 9.17) is 22.7 Å². The van der Waals surface area contributed by atoms with Crippen molar-refractivity contribution in [1.29, 1.82) is 5.41 Å². The van der Waals surface area contributed by atoms with Gasteiger partial charge in [0.1, 0.15) is 28.9 Å². The lowest BCUT2D eigenvalue weighted by molar-refractivity contribution is 0.0889. The minimum Gasteiger partial charge on any atom is -0.382 e. The average molecular weight is 535 g/mol. The summed E-state index contributed by atoms with van der Waals surface area (Å²) in [6.07, 6.45) is 5.90. The van der Waals surface area contributed by atoms with Crippen LogP contribution in [0.1, 0.15) is 28.6 Å². The highest BCUT2D eigenvalue weighted by atomic mass is 35.5. The van der Waals surface area contributed by atoms with Gasteiger partial charge in [0.25, 0.3) is 5.91 Å². The number of nitrogens with zero attached hydrogens (tertiary/aromatic N) is 7. The fourth-order valence-electron chi connectivity index (χ4n) is 4.73. The summed E-state index contributed by atoms with van der Waals surface area (Å²) in [7, 11) is 1.95. The normalized spacial score (nSPS) is 18.4. The number of imidazole rings is 1. The van der Waals surface area contributed by atoms with Gasteiger partial charge in [-0.25, -0.2) is 19.4 Å². The maximum Gasteiger partial charge on any atom is 0.270 e. The zero-order valence-electron chi connectivity index (χ0n) is 20.3. The van der Waals surface area contributed by atoms with E-state index in [9.17, 15) is 9.18 Å². The maximum absolute atomic E-state index is 14.9. The minimum absolute atomic E-state index is 0.0696. The Balaban J connectivity index is 1.57. The number of rotatable bonds is 6. The number of likely N-dealkylation sites (N-methyl/N-ethyl adjacent to an activating group) is 1. The second-order valence-corrected chi connectivity index (χ2v) is 9.42. The van der Waals surface area contributed by atoms with Crippen LogP contribution in [0.4, 0.5) is 4.39 Å². The lowest BCUT2D eigenvalue weighted by Crippen LogP contribution is -2.50. The van der Waals surface area contributed by atoms with E-state index >= 15 is 0 Å². The highest BCUT2D eigenvalue weighted by molar-refractivity contribution is 6.30. The van der Waals surface area contributed by atoms with Crippen molar-refractivity contribution in [3.05, 3.63) is 71.2 Å². The summed E-state index contributed by atoms with van der Waals surface area (Å²) >= 11 is 6.03. The molecule has 0 spiro atoms. The van der Waals surface area contributed by atoms with Gasteiger partial charge < -0.3 is 20.5 Å². The molecule has 0 bridgehead atoms. The van der Waals surface area contributed by atoms with Gasteiger partial charge in [-0.3, -0.25) is 20.2 Å². The minimum atomic E-state index is -0.511. The van der Waals surface area contributed by atoms with E-state index < -0.39 is 5.82 Å². The van der Waals surface area contributed by atoms with Crippen LogP contribution in [-0.4, -0.2) is 73.7 Å². The first kappa shape index (κ1) is 25.4. The highest BCUT2D eigenvalue weighted by Crippen LogP contribution is 2.33. The van der Waals surface area contributed by atoms with Gasteiger partial charge in [0, 0.05) is 36.5 Å². The van der Waals surface area contributed by atoms with Crippen LogP contribution >= 0.6 is 11.6 Å². The molecular formula is C25H24ClFN10O. The zero-order valence-corrected chi connectivity index (χ0v) is 21.1. The summed E-state index contributed by atoms with van der Waals surface area (Å²) in [5, 5.41) is 10.7. The molecular weight excluding hydrogens is 511 g/mol. The van der Waals surface area contributed by atoms with Crippen molar-refractivity contribution >= 4 is 40.7 Å². The summed E-state index contributed by atoms with van der Waals surface area (Å²) in [4.78, 5) is 36.2. The van der Waals surface area contributed by atoms with E-state index in [1.54, 1.807) is 12.1 Å². The number of likely N-dealkylation sites (tertiary alicyclic amines) is 1. The van der Waals surface area contributed by atoms with Crippen LogP contribution < -0.4 is 11.1 Å². The zero-order chi connectivity index (χ0) is 26.8. The number of hydrogen-bond donors (Lipinski definition) is 3. The molecule has 1 amide bonds. The van der Waals surface area contributed by atoms with E-state index in [1.807, 2.05) is 11.6 Å². The largest absolute Gasteiger partial charge is 0.382 e. The van der Waals surface area contributed by atoms with E-state index in [2.05, 4.69) is 35.1 Å². The summed E-state index contributed by atoms with van der Waals surface area (Å²) in [6, 6.07) is 7.23. The number of aromatic nitrogens is 5. The van der Waals surface area contributed by atoms with Crippen LogP contribution in [0.5, 0.6) is 0 Å². The number of nitrogens with one attached hydrogen (secondary N) is 2. The van der Waals surface area contributed by atoms with Gasteiger partial charge in [-0.2, -0.15) is 0 Å². The number of halogens is 2. The first-order valence-electron chi connectivity index (χ1n) is 11.8. The third kappa shape index (κ3) is 5.08. The molecule has 4 N–H and O–H groups in total. The number of pyridine rings is 3. The number of carbonyl (C=O) groups is 1. The third-order valence-corrected chi connectivity index (χ3v) is 6.51. The fraction of sp³-hybridized carbons (Fsp3) is 0.240. The molecule has 5 rings (SSSR count). The predicted octanol–water partition coefficient (Wildman–Crippen LogP) is 2.67. The molecule has 1 fully saturated rings. The van der Waals surface area contributed by atoms with Gasteiger partial charge in [0.15, 0.2) is 17.5 Å². The number of amides is 1. The third-order valence-electron chi connectivity index (χ3n) is 6.28. The van der Waals surface area contributed by atoms with Crippen molar-refractivity contribution < 1.29 is 9.18 Å². The second kappa shape index (κ2) is 10.6. The van der Waals surface area contributed by atoms with Crippen LogP contribution in [0, 0.1) is 11.2 Å². The standard InChI is InChI=1S/C25H24ClFN10O/c1-36-11-15(34-25(38)19-7-14(26)4-6-30-19)8-16(12-36)37-21-9-18(23(29)33-13-28)32-10-20(21)35-24(37)22-17(27)3-2-5-31-22/h2-7,9-10,13,15-16H,8,11-12H2,1H3,(H,34,38)(H3,28,29,33). The monoisotopic (exact) mass is 534 g/mol. The summed E-state index contributed by atoms with van der Waals surface area (Å²) in [5.74, 6) is -0.440. The Morgan fingerprint density at radius 2 is 2.08 bits per heavy atom. The van der Waals surface area contributed by atoms with Crippen molar-refractivity contribution in [2.24, 2.45) is 10.7 Å². The molecule has 2 atom stereocenters. The average Bonchev–Trinajstić information content (AvgIpc) is 3.27. The first-order chi connectivity index (χ1) is 18.3. The molecule has 0 aliphatic carbocycles. The van der Waals surface area contributed by atoms with Crippen LogP contribution in [-0.2, 0) is 0 Å². The topological polar surface area (TPSA) is 151 Å². The lowest BCUT2D eigenvalue weighted by Gasteiger charge is -2.37. The number of aliphatic imine (C=N–C) groups is 1. The van der Waals surface area contributed by atoms with E-state index in [-0.39, 0.29) is 35.2 Å². The van der Waals surface area contributed by atoms with Gasteiger partial charge in [0.2, 0.25) is 0 Å². The van der Waals surface area contributed by atoms with E-state index in [1.165, 1.54) is 36.8 Å². The van der Waals surface area contributed by atoms with Crippen molar-refractivity contribution in [2.75, 3.05) is 20.1 Å². The number of carbonyl (C=O) groups excluding carboxylic acids is 1. The second-order valence-electron chi connectivity index (χ2n) is 8.98. The van der Waals surface area contributed by atoms with E-state index in [0.717, 1.165) is 6.34 Å². The van der Waals surface area contributed by atoms with Crippen LogP contribution in [0.15, 0.2) is 53.9 Å². The predicted molar refractivity (Wildman–Crippen MR) is 142 cm³/mol.